The first kappa shape index (κ1) is 28.8. The van der Waals surface area contributed by atoms with Crippen LogP contribution in [-0.4, -0.2) is 27.9 Å². The Labute approximate surface area is 254 Å². The quantitative estimate of drug-likeness (QED) is 0.188. The first-order chi connectivity index (χ1) is 20.7. The summed E-state index contributed by atoms with van der Waals surface area (Å²) < 4.78 is 15.7. The Balaban J connectivity index is 1.37. The second-order valence-corrected chi connectivity index (χ2v) is 12.9. The molecule has 0 spiro atoms. The molecule has 3 N–H and O–H groups in total. The molecule has 2 amide bonds. The molecule has 0 aliphatic heterocycles. The maximum absolute atomic E-state index is 13.6. The first-order valence-electron chi connectivity index (χ1n) is 14.8. The molecule has 5 aromatic rings. The van der Waals surface area contributed by atoms with E-state index in [-0.39, 0.29) is 23.7 Å². The zero-order chi connectivity index (χ0) is 30.2. The number of fused-ring (bicyclic) bond motifs is 2. The second kappa shape index (κ2) is 11.8. The van der Waals surface area contributed by atoms with Gasteiger partial charge in [-0.3, -0.25) is 9.59 Å². The molecule has 0 bridgehead atoms. The van der Waals surface area contributed by atoms with Crippen molar-refractivity contribution in [2.75, 3.05) is 6.54 Å². The lowest BCUT2D eigenvalue weighted by Crippen LogP contribution is -2.27. The Morgan fingerprint density at radius 2 is 1.84 bits per heavy atom. The van der Waals surface area contributed by atoms with Gasteiger partial charge in [-0.05, 0) is 79.1 Å². The maximum Gasteiger partial charge on any atom is 0.261 e. The van der Waals surface area contributed by atoms with Crippen LogP contribution < -0.4 is 11.1 Å². The minimum absolute atomic E-state index is 0.128. The summed E-state index contributed by atoms with van der Waals surface area (Å²) in [5.41, 5.74) is 12.1. The predicted molar refractivity (Wildman–Crippen MR) is 170 cm³/mol. The highest BCUT2D eigenvalue weighted by atomic mass is 32.1. The van der Waals surface area contributed by atoms with E-state index < -0.39 is 5.91 Å². The van der Waals surface area contributed by atoms with Gasteiger partial charge in [-0.1, -0.05) is 50.2 Å². The molecular formula is C35H35FN4O2S. The van der Waals surface area contributed by atoms with Gasteiger partial charge in [0.2, 0.25) is 0 Å². The Kier molecular flexibility index (Phi) is 7.88. The van der Waals surface area contributed by atoms with Gasteiger partial charge in [0.1, 0.15) is 11.5 Å². The van der Waals surface area contributed by atoms with Crippen molar-refractivity contribution in [2.24, 2.45) is 11.7 Å². The van der Waals surface area contributed by atoms with Crippen LogP contribution in [0.4, 0.5) is 4.39 Å². The number of halogens is 1. The third kappa shape index (κ3) is 5.59. The average molecular weight is 595 g/mol. The average Bonchev–Trinajstić information content (AvgIpc) is 3.73. The van der Waals surface area contributed by atoms with Crippen molar-refractivity contribution in [3.05, 3.63) is 112 Å². The van der Waals surface area contributed by atoms with E-state index in [1.807, 2.05) is 35.9 Å². The van der Waals surface area contributed by atoms with Crippen LogP contribution in [0.25, 0.3) is 21.5 Å². The standard InChI is InChI=1S/C35H35FN4O2S/c1-20(2)18-28-32(33(37)41)31(27-16-17-40(34(27)39-28)21(3)22-10-12-25(36)13-11-22)29-14-15-30(43-29)35(42)38-19-24-9-8-23-6-4-5-7-26(23)24/h4-7,10-17,20-21,24H,8-9,18-19H2,1-3H3,(H2,37,41)(H,38,42)/t21-,24?/m1/s1. The number of nitrogens with one attached hydrogen (secondary N) is 1. The maximum atomic E-state index is 13.6. The fraction of sp³-hybridized carbons (Fsp3) is 0.286. The van der Waals surface area contributed by atoms with Crippen molar-refractivity contribution in [3.63, 3.8) is 0 Å². The van der Waals surface area contributed by atoms with Crippen molar-refractivity contribution in [3.8, 4) is 10.4 Å². The van der Waals surface area contributed by atoms with Gasteiger partial charge in [0.15, 0.2) is 0 Å². The highest BCUT2D eigenvalue weighted by Gasteiger charge is 2.27. The molecule has 0 fully saturated rings. The summed E-state index contributed by atoms with van der Waals surface area (Å²) in [4.78, 5) is 32.6. The number of rotatable bonds is 9. The van der Waals surface area contributed by atoms with Gasteiger partial charge in [0, 0.05) is 34.5 Å². The van der Waals surface area contributed by atoms with Crippen molar-refractivity contribution in [2.45, 2.75) is 52.0 Å². The number of hydrogen-bond acceptors (Lipinski definition) is 4. The summed E-state index contributed by atoms with van der Waals surface area (Å²) in [6, 6.07) is 20.4. The summed E-state index contributed by atoms with van der Waals surface area (Å²) in [6.07, 6.45) is 4.57. The van der Waals surface area contributed by atoms with Crippen LogP contribution in [0.1, 0.15) is 81.6 Å². The summed E-state index contributed by atoms with van der Waals surface area (Å²) in [6.45, 7) is 6.77. The van der Waals surface area contributed by atoms with Gasteiger partial charge < -0.3 is 15.6 Å². The molecule has 3 aromatic heterocycles. The largest absolute Gasteiger partial charge is 0.366 e. The van der Waals surface area contributed by atoms with E-state index in [4.69, 9.17) is 10.7 Å². The highest BCUT2D eigenvalue weighted by Crippen LogP contribution is 2.40. The van der Waals surface area contributed by atoms with Gasteiger partial charge in [-0.2, -0.15) is 0 Å². The van der Waals surface area contributed by atoms with Crippen molar-refractivity contribution >= 4 is 34.2 Å². The zero-order valence-corrected chi connectivity index (χ0v) is 25.4. The Bertz CT molecular complexity index is 1820. The van der Waals surface area contributed by atoms with E-state index in [0.717, 1.165) is 28.7 Å². The second-order valence-electron chi connectivity index (χ2n) is 11.8. The van der Waals surface area contributed by atoms with E-state index in [9.17, 15) is 14.0 Å². The Morgan fingerprint density at radius 1 is 1.07 bits per heavy atom. The molecule has 220 valence electrons. The molecule has 6 nitrogen and oxygen atoms in total. The van der Waals surface area contributed by atoms with Crippen LogP contribution in [-0.2, 0) is 12.8 Å². The number of aryl methyl sites for hydroxylation is 1. The van der Waals surface area contributed by atoms with Crippen molar-refractivity contribution in [1.29, 1.82) is 0 Å². The number of hydrogen-bond donors (Lipinski definition) is 2. The number of primary amides is 1. The Morgan fingerprint density at radius 3 is 2.58 bits per heavy atom. The van der Waals surface area contributed by atoms with Gasteiger partial charge in [-0.15, -0.1) is 11.3 Å². The number of aromatic nitrogens is 2. The van der Waals surface area contributed by atoms with Crippen molar-refractivity contribution in [1.82, 2.24) is 14.9 Å². The van der Waals surface area contributed by atoms with Gasteiger partial charge in [0.25, 0.3) is 11.8 Å². The monoisotopic (exact) mass is 594 g/mol. The number of benzene rings is 2. The lowest BCUT2D eigenvalue weighted by molar-refractivity contribution is 0.0953. The number of thiophene rings is 1. The molecule has 3 heterocycles. The molecule has 0 radical (unpaired) electrons. The molecule has 2 atom stereocenters. The van der Waals surface area contributed by atoms with E-state index in [2.05, 4.69) is 43.4 Å². The summed E-state index contributed by atoms with van der Waals surface area (Å²) >= 11 is 1.35. The number of amides is 2. The van der Waals surface area contributed by atoms with E-state index in [1.165, 1.54) is 34.6 Å². The fourth-order valence-corrected chi connectivity index (χ4v) is 7.23. The Hall–Kier alpha value is -4.30. The summed E-state index contributed by atoms with van der Waals surface area (Å²) in [5.74, 6) is -0.415. The number of pyridine rings is 1. The molecule has 8 heteroatoms. The number of carbonyl (C=O) groups is 2. The molecule has 0 saturated heterocycles. The lowest BCUT2D eigenvalue weighted by atomic mass is 9.96. The predicted octanol–water partition coefficient (Wildman–Crippen LogP) is 7.27. The molecule has 1 aliphatic rings. The SMILES string of the molecule is CC(C)Cc1nc2c(ccn2[C@H](C)c2ccc(F)cc2)c(-c2ccc(C(=O)NCC3CCc4ccccc43)s2)c1C(N)=O. The van der Waals surface area contributed by atoms with Gasteiger partial charge >= 0.3 is 0 Å². The van der Waals surface area contributed by atoms with Crippen LogP contribution in [0.2, 0.25) is 0 Å². The van der Waals surface area contributed by atoms with Crippen molar-refractivity contribution < 1.29 is 14.0 Å². The van der Waals surface area contributed by atoms with Crippen LogP contribution in [0.15, 0.2) is 72.9 Å². The third-order valence-corrected chi connectivity index (χ3v) is 9.50. The third-order valence-electron chi connectivity index (χ3n) is 8.40. The van der Waals surface area contributed by atoms with E-state index in [1.54, 1.807) is 12.1 Å². The smallest absolute Gasteiger partial charge is 0.261 e. The molecule has 1 unspecified atom stereocenters. The molecule has 6 rings (SSSR count). The highest BCUT2D eigenvalue weighted by molar-refractivity contribution is 7.17. The van der Waals surface area contributed by atoms with Crippen LogP contribution in [0.5, 0.6) is 0 Å². The normalized spacial score (nSPS) is 15.1. The first-order valence-corrected chi connectivity index (χ1v) is 15.6. The number of nitrogens with zero attached hydrogens (tertiary/aromatic N) is 2. The molecule has 2 aromatic carbocycles. The summed E-state index contributed by atoms with van der Waals surface area (Å²) in [7, 11) is 0. The fourth-order valence-electron chi connectivity index (χ4n) is 6.24. The zero-order valence-electron chi connectivity index (χ0n) is 24.6. The molecule has 43 heavy (non-hydrogen) atoms. The van der Waals surface area contributed by atoms with Crippen LogP contribution in [0.3, 0.4) is 0 Å². The van der Waals surface area contributed by atoms with Crippen LogP contribution in [0, 0.1) is 11.7 Å². The van der Waals surface area contributed by atoms with E-state index >= 15 is 0 Å². The molecule has 1 aliphatic carbocycles. The lowest BCUT2D eigenvalue weighted by Gasteiger charge is -2.18. The van der Waals surface area contributed by atoms with E-state index in [0.29, 0.717) is 46.2 Å². The van der Waals surface area contributed by atoms with Gasteiger partial charge in [0.05, 0.1) is 22.2 Å². The minimum atomic E-state index is -0.543. The summed E-state index contributed by atoms with van der Waals surface area (Å²) in [5, 5.41) is 3.92. The minimum Gasteiger partial charge on any atom is -0.366 e. The topological polar surface area (TPSA) is 90.0 Å². The number of nitrogens with two attached hydrogens (primary N) is 1. The number of carbonyl (C=O) groups excluding carboxylic acids is 2. The van der Waals surface area contributed by atoms with Crippen LogP contribution >= 0.6 is 11.3 Å². The van der Waals surface area contributed by atoms with Gasteiger partial charge in [-0.25, -0.2) is 9.37 Å². The molecular weight excluding hydrogens is 559 g/mol. The molecule has 0 saturated carbocycles.